The highest BCUT2D eigenvalue weighted by Gasteiger charge is 2.49. The van der Waals surface area contributed by atoms with Gasteiger partial charge in [-0.2, -0.15) is 0 Å². The van der Waals surface area contributed by atoms with E-state index in [4.69, 9.17) is 0 Å². The van der Waals surface area contributed by atoms with Gasteiger partial charge in [0, 0.05) is 10.0 Å². The molecule has 0 spiro atoms. The summed E-state index contributed by atoms with van der Waals surface area (Å²) in [5, 5.41) is 3.56. The third kappa shape index (κ3) is 2.63. The smallest absolute Gasteiger partial charge is 0.319 e. The van der Waals surface area contributed by atoms with E-state index in [1.807, 2.05) is 48.5 Å². The van der Waals surface area contributed by atoms with Gasteiger partial charge in [0.25, 0.3) is 5.91 Å². The number of imide groups is 1. The molecular formula is C18H14BrN3O2S. The van der Waals surface area contributed by atoms with Crippen LogP contribution in [0.2, 0.25) is 0 Å². The van der Waals surface area contributed by atoms with Crippen molar-refractivity contribution in [3.05, 3.63) is 63.6 Å². The quantitative estimate of drug-likeness (QED) is 0.656. The normalized spacial score (nSPS) is 20.3. The van der Waals surface area contributed by atoms with E-state index >= 15 is 0 Å². The molecular weight excluding hydrogens is 402 g/mol. The number of benzene rings is 2. The van der Waals surface area contributed by atoms with Crippen molar-refractivity contribution in [2.24, 2.45) is 0 Å². The van der Waals surface area contributed by atoms with Crippen molar-refractivity contribution in [1.82, 2.24) is 15.2 Å². The number of hydrogen-bond donors (Lipinski definition) is 1. The number of hydrogen-bond acceptors (Lipinski definition) is 4. The van der Waals surface area contributed by atoms with E-state index in [-0.39, 0.29) is 12.5 Å². The first-order valence-corrected chi connectivity index (χ1v) is 9.33. The van der Waals surface area contributed by atoms with Gasteiger partial charge in [0.2, 0.25) is 0 Å². The number of rotatable bonds is 3. The molecule has 25 heavy (non-hydrogen) atoms. The van der Waals surface area contributed by atoms with E-state index < -0.39 is 11.6 Å². The van der Waals surface area contributed by atoms with E-state index in [2.05, 4.69) is 26.2 Å². The lowest BCUT2D eigenvalue weighted by molar-refractivity contribution is -0.131. The first kappa shape index (κ1) is 16.2. The van der Waals surface area contributed by atoms with Crippen molar-refractivity contribution < 1.29 is 9.59 Å². The van der Waals surface area contributed by atoms with Crippen molar-refractivity contribution in [2.75, 3.05) is 0 Å². The van der Waals surface area contributed by atoms with Crippen molar-refractivity contribution in [1.29, 1.82) is 0 Å². The number of nitrogens with zero attached hydrogens (tertiary/aromatic N) is 2. The Balaban J connectivity index is 1.66. The molecule has 0 radical (unpaired) electrons. The topological polar surface area (TPSA) is 62.3 Å². The molecule has 1 unspecified atom stereocenters. The van der Waals surface area contributed by atoms with Gasteiger partial charge in [-0.05, 0) is 25.1 Å². The van der Waals surface area contributed by atoms with Crippen LogP contribution in [0, 0.1) is 0 Å². The minimum absolute atomic E-state index is 0.171. The standard InChI is InChI=1S/C18H14BrN3O2S/c1-18(11-6-2-3-7-12(11)19)16(23)22(17(24)21-18)10-15-20-13-8-4-5-9-14(13)25-15/h2-9H,10H2,1H3,(H,21,24). The Labute approximate surface area is 156 Å². The van der Waals surface area contributed by atoms with Crippen molar-refractivity contribution >= 4 is 49.4 Å². The van der Waals surface area contributed by atoms with E-state index in [1.165, 1.54) is 16.2 Å². The summed E-state index contributed by atoms with van der Waals surface area (Å²) in [5.74, 6) is -0.274. The monoisotopic (exact) mass is 415 g/mol. The molecule has 0 saturated carbocycles. The van der Waals surface area contributed by atoms with Crippen LogP contribution in [-0.2, 0) is 16.9 Å². The number of fused-ring (bicyclic) bond motifs is 1. The lowest BCUT2D eigenvalue weighted by atomic mass is 9.92. The largest absolute Gasteiger partial charge is 0.325 e. The molecule has 1 saturated heterocycles. The Kier molecular flexibility index (Phi) is 3.85. The molecule has 3 amide bonds. The second-order valence-electron chi connectivity index (χ2n) is 6.00. The van der Waals surface area contributed by atoms with Crippen LogP contribution in [0.25, 0.3) is 10.2 Å². The van der Waals surface area contributed by atoms with Crippen LogP contribution < -0.4 is 5.32 Å². The zero-order valence-electron chi connectivity index (χ0n) is 13.3. The fraction of sp³-hybridized carbons (Fsp3) is 0.167. The number of thiazole rings is 1. The van der Waals surface area contributed by atoms with Crippen LogP contribution >= 0.6 is 27.3 Å². The van der Waals surface area contributed by atoms with Gasteiger partial charge in [-0.3, -0.25) is 9.69 Å². The molecule has 3 aromatic rings. The van der Waals surface area contributed by atoms with Gasteiger partial charge in [0.05, 0.1) is 16.8 Å². The molecule has 4 rings (SSSR count). The first-order chi connectivity index (χ1) is 12.0. The van der Waals surface area contributed by atoms with Gasteiger partial charge in [-0.15, -0.1) is 11.3 Å². The highest BCUT2D eigenvalue weighted by molar-refractivity contribution is 9.10. The molecule has 1 aromatic heterocycles. The van der Waals surface area contributed by atoms with Gasteiger partial charge in [0.15, 0.2) is 0 Å². The summed E-state index contributed by atoms with van der Waals surface area (Å²) in [6.07, 6.45) is 0. The predicted molar refractivity (Wildman–Crippen MR) is 100 cm³/mol. The second-order valence-corrected chi connectivity index (χ2v) is 7.97. The summed E-state index contributed by atoms with van der Waals surface area (Å²) in [6.45, 7) is 1.90. The van der Waals surface area contributed by atoms with Crippen LogP contribution in [0.4, 0.5) is 4.79 Å². The summed E-state index contributed by atoms with van der Waals surface area (Å²) < 4.78 is 1.83. The number of carbonyl (C=O) groups excluding carboxylic acids is 2. The van der Waals surface area contributed by atoms with Crippen LogP contribution in [0.5, 0.6) is 0 Å². The number of halogens is 1. The van der Waals surface area contributed by atoms with E-state index in [1.54, 1.807) is 6.92 Å². The second kappa shape index (κ2) is 5.93. The Morgan fingerprint density at radius 1 is 1.16 bits per heavy atom. The maximum Gasteiger partial charge on any atom is 0.325 e. The van der Waals surface area contributed by atoms with Gasteiger partial charge < -0.3 is 5.32 Å². The molecule has 7 heteroatoms. The molecule has 0 bridgehead atoms. The number of amides is 3. The van der Waals surface area contributed by atoms with Crippen LogP contribution in [0.1, 0.15) is 17.5 Å². The van der Waals surface area contributed by atoms with Crippen LogP contribution in [-0.4, -0.2) is 21.8 Å². The molecule has 1 aliphatic heterocycles. The zero-order chi connectivity index (χ0) is 17.6. The first-order valence-electron chi connectivity index (χ1n) is 7.72. The molecule has 1 fully saturated rings. The molecule has 5 nitrogen and oxygen atoms in total. The molecule has 1 N–H and O–H groups in total. The van der Waals surface area contributed by atoms with Crippen molar-refractivity contribution in [2.45, 2.75) is 19.0 Å². The number of urea groups is 1. The number of carbonyl (C=O) groups is 2. The van der Waals surface area contributed by atoms with Crippen LogP contribution in [0.15, 0.2) is 53.0 Å². The highest BCUT2D eigenvalue weighted by atomic mass is 79.9. The van der Waals surface area contributed by atoms with Gasteiger partial charge in [-0.1, -0.05) is 46.3 Å². The number of aromatic nitrogens is 1. The lowest BCUT2D eigenvalue weighted by Crippen LogP contribution is -2.41. The van der Waals surface area contributed by atoms with E-state index in [0.717, 1.165) is 25.3 Å². The molecule has 2 heterocycles. The average Bonchev–Trinajstić information content (AvgIpc) is 3.10. The maximum absolute atomic E-state index is 13.0. The maximum atomic E-state index is 13.0. The van der Waals surface area contributed by atoms with Gasteiger partial charge >= 0.3 is 6.03 Å². The summed E-state index contributed by atoms with van der Waals surface area (Å²) in [5.41, 5.74) is 0.525. The summed E-state index contributed by atoms with van der Waals surface area (Å²) in [7, 11) is 0. The predicted octanol–water partition coefficient (Wildman–Crippen LogP) is 4.03. The summed E-state index contributed by atoms with van der Waals surface area (Å²) in [6, 6.07) is 14.8. The van der Waals surface area contributed by atoms with E-state index in [9.17, 15) is 9.59 Å². The fourth-order valence-corrected chi connectivity index (χ4v) is 4.65. The Hall–Kier alpha value is -2.25. The molecule has 126 valence electrons. The van der Waals surface area contributed by atoms with Gasteiger partial charge in [0.1, 0.15) is 10.5 Å². The lowest BCUT2D eigenvalue weighted by Gasteiger charge is -2.23. The summed E-state index contributed by atoms with van der Waals surface area (Å²) in [4.78, 5) is 31.2. The van der Waals surface area contributed by atoms with Crippen molar-refractivity contribution in [3.63, 3.8) is 0 Å². The molecule has 1 atom stereocenters. The average molecular weight is 416 g/mol. The van der Waals surface area contributed by atoms with Gasteiger partial charge in [-0.25, -0.2) is 9.78 Å². The number of para-hydroxylation sites is 1. The Morgan fingerprint density at radius 3 is 2.64 bits per heavy atom. The van der Waals surface area contributed by atoms with Crippen molar-refractivity contribution in [3.8, 4) is 0 Å². The Morgan fingerprint density at radius 2 is 1.88 bits per heavy atom. The zero-order valence-corrected chi connectivity index (χ0v) is 15.7. The molecule has 0 aliphatic carbocycles. The number of nitrogens with one attached hydrogen (secondary N) is 1. The highest BCUT2D eigenvalue weighted by Crippen LogP contribution is 2.34. The molecule has 1 aliphatic rings. The third-order valence-electron chi connectivity index (χ3n) is 4.32. The Bertz CT molecular complexity index is 970. The summed E-state index contributed by atoms with van der Waals surface area (Å²) >= 11 is 4.96. The third-order valence-corrected chi connectivity index (χ3v) is 6.03. The SMILES string of the molecule is CC1(c2ccccc2Br)NC(=O)N(Cc2nc3ccccc3s2)C1=O. The minimum atomic E-state index is -1.09. The molecule has 2 aromatic carbocycles. The minimum Gasteiger partial charge on any atom is -0.319 e. The van der Waals surface area contributed by atoms with Crippen LogP contribution in [0.3, 0.4) is 0 Å². The van der Waals surface area contributed by atoms with E-state index in [0.29, 0.717) is 0 Å². The fourth-order valence-electron chi connectivity index (χ4n) is 3.01.